The van der Waals surface area contributed by atoms with Crippen molar-refractivity contribution in [3.05, 3.63) is 28.2 Å². The van der Waals surface area contributed by atoms with E-state index >= 15 is 0 Å². The van der Waals surface area contributed by atoms with Gasteiger partial charge in [-0.25, -0.2) is 4.79 Å². The van der Waals surface area contributed by atoms with E-state index in [1.807, 2.05) is 0 Å². The van der Waals surface area contributed by atoms with Gasteiger partial charge in [-0.2, -0.15) is 0 Å². The summed E-state index contributed by atoms with van der Waals surface area (Å²) >= 11 is 11.9. The lowest BCUT2D eigenvalue weighted by Crippen LogP contribution is -2.30. The van der Waals surface area contributed by atoms with Crippen LogP contribution >= 0.6 is 23.2 Å². The van der Waals surface area contributed by atoms with Gasteiger partial charge < -0.3 is 9.47 Å². The van der Waals surface area contributed by atoms with Gasteiger partial charge in [0.2, 0.25) is 0 Å². The summed E-state index contributed by atoms with van der Waals surface area (Å²) in [5.41, 5.74) is 0. The number of carbonyl (C=O) groups is 1. The summed E-state index contributed by atoms with van der Waals surface area (Å²) in [4.78, 5) is 11.6. The Morgan fingerprint density at radius 2 is 2.12 bits per heavy atom. The Morgan fingerprint density at radius 1 is 1.41 bits per heavy atom. The quantitative estimate of drug-likeness (QED) is 0.791. The van der Waals surface area contributed by atoms with Crippen molar-refractivity contribution in [2.75, 3.05) is 7.11 Å². The lowest BCUT2D eigenvalue weighted by molar-refractivity contribution is -0.149. The van der Waals surface area contributed by atoms with Crippen LogP contribution in [0.2, 0.25) is 10.0 Å². The standard InChI is InChI=1S/C12H12Cl2O3/c1-16-12(15)11(7-5-6-7)17-9-4-2-3-8(13)10(9)14/h2-4,7,11H,5-6H2,1H3. The number of benzene rings is 1. The Kier molecular flexibility index (Phi) is 3.79. The molecule has 0 heterocycles. The van der Waals surface area contributed by atoms with E-state index in [9.17, 15) is 4.79 Å². The molecule has 1 fully saturated rings. The monoisotopic (exact) mass is 274 g/mol. The Morgan fingerprint density at radius 3 is 2.71 bits per heavy atom. The van der Waals surface area contributed by atoms with Crippen molar-refractivity contribution < 1.29 is 14.3 Å². The van der Waals surface area contributed by atoms with Crippen molar-refractivity contribution in [3.8, 4) is 5.75 Å². The molecular formula is C12H12Cl2O3. The summed E-state index contributed by atoms with van der Waals surface area (Å²) in [7, 11) is 1.35. The molecule has 1 aliphatic rings. The molecule has 3 nitrogen and oxygen atoms in total. The molecule has 0 bridgehead atoms. The lowest BCUT2D eigenvalue weighted by atomic mass is 10.2. The molecule has 1 saturated carbocycles. The van der Waals surface area contributed by atoms with Gasteiger partial charge in [0, 0.05) is 5.92 Å². The molecule has 0 aromatic heterocycles. The van der Waals surface area contributed by atoms with Crippen molar-refractivity contribution in [1.29, 1.82) is 0 Å². The van der Waals surface area contributed by atoms with Crippen molar-refractivity contribution in [2.45, 2.75) is 18.9 Å². The van der Waals surface area contributed by atoms with Gasteiger partial charge in [-0.15, -0.1) is 0 Å². The highest BCUT2D eigenvalue weighted by Gasteiger charge is 2.39. The first-order chi connectivity index (χ1) is 8.13. The van der Waals surface area contributed by atoms with Crippen LogP contribution in [0.3, 0.4) is 0 Å². The average molecular weight is 275 g/mol. The number of methoxy groups -OCH3 is 1. The minimum atomic E-state index is -0.587. The number of ether oxygens (including phenoxy) is 2. The normalized spacial score (nSPS) is 16.4. The molecule has 1 unspecified atom stereocenters. The lowest BCUT2D eigenvalue weighted by Gasteiger charge is -2.17. The first-order valence-corrected chi connectivity index (χ1v) is 6.07. The van der Waals surface area contributed by atoms with E-state index in [2.05, 4.69) is 0 Å². The minimum Gasteiger partial charge on any atom is -0.477 e. The van der Waals surface area contributed by atoms with Crippen LogP contribution in [0.25, 0.3) is 0 Å². The van der Waals surface area contributed by atoms with E-state index in [0.29, 0.717) is 15.8 Å². The fourth-order valence-electron chi connectivity index (χ4n) is 1.56. The van der Waals surface area contributed by atoms with Crippen LogP contribution in [0.1, 0.15) is 12.8 Å². The summed E-state index contributed by atoms with van der Waals surface area (Å²) in [5, 5.41) is 0.729. The van der Waals surface area contributed by atoms with Crippen molar-refractivity contribution in [1.82, 2.24) is 0 Å². The topological polar surface area (TPSA) is 35.5 Å². The zero-order chi connectivity index (χ0) is 12.4. The third-order valence-electron chi connectivity index (χ3n) is 2.65. The number of esters is 1. The van der Waals surface area contributed by atoms with Crippen molar-refractivity contribution in [2.24, 2.45) is 5.92 Å². The van der Waals surface area contributed by atoms with E-state index in [-0.39, 0.29) is 11.9 Å². The highest BCUT2D eigenvalue weighted by molar-refractivity contribution is 6.42. The maximum Gasteiger partial charge on any atom is 0.347 e. The number of carbonyl (C=O) groups excluding carboxylic acids is 1. The Bertz CT molecular complexity index is 430. The maximum absolute atomic E-state index is 11.6. The largest absolute Gasteiger partial charge is 0.477 e. The van der Waals surface area contributed by atoms with Gasteiger partial charge in [-0.05, 0) is 25.0 Å². The predicted molar refractivity (Wildman–Crippen MR) is 65.6 cm³/mol. The minimum absolute atomic E-state index is 0.220. The van der Waals surface area contributed by atoms with Gasteiger partial charge in [0.05, 0.1) is 12.1 Å². The number of halogens is 2. The van der Waals surface area contributed by atoms with Crippen LogP contribution in [0.15, 0.2) is 18.2 Å². The smallest absolute Gasteiger partial charge is 0.347 e. The zero-order valence-electron chi connectivity index (χ0n) is 9.28. The molecule has 1 aromatic rings. The Hall–Kier alpha value is -0.930. The van der Waals surface area contributed by atoms with Crippen LogP contribution in [-0.2, 0) is 9.53 Å². The number of hydrogen-bond acceptors (Lipinski definition) is 3. The molecule has 2 rings (SSSR count). The molecule has 0 radical (unpaired) electrons. The molecule has 92 valence electrons. The van der Waals surface area contributed by atoms with E-state index < -0.39 is 6.10 Å². The van der Waals surface area contributed by atoms with E-state index in [4.69, 9.17) is 32.7 Å². The van der Waals surface area contributed by atoms with Crippen LogP contribution < -0.4 is 4.74 Å². The Balaban J connectivity index is 2.17. The molecule has 0 amide bonds. The summed E-state index contributed by atoms with van der Waals surface area (Å²) in [5.74, 6) is 0.266. The first kappa shape index (κ1) is 12.5. The molecule has 1 atom stereocenters. The van der Waals surface area contributed by atoms with E-state index in [1.165, 1.54) is 7.11 Å². The molecule has 5 heteroatoms. The fourth-order valence-corrected chi connectivity index (χ4v) is 1.90. The predicted octanol–water partition coefficient (Wildman–Crippen LogP) is 3.32. The first-order valence-electron chi connectivity index (χ1n) is 5.32. The second kappa shape index (κ2) is 5.15. The molecule has 0 spiro atoms. The Labute approximate surface area is 110 Å². The number of hydrogen-bond donors (Lipinski definition) is 0. The second-order valence-corrected chi connectivity index (χ2v) is 4.74. The SMILES string of the molecule is COC(=O)C(Oc1cccc(Cl)c1Cl)C1CC1. The van der Waals surface area contributed by atoms with Gasteiger partial charge >= 0.3 is 5.97 Å². The third-order valence-corrected chi connectivity index (χ3v) is 3.46. The summed E-state index contributed by atoms with van der Waals surface area (Å²) < 4.78 is 10.3. The highest BCUT2D eigenvalue weighted by Crippen LogP contribution is 2.38. The van der Waals surface area contributed by atoms with E-state index in [1.54, 1.807) is 18.2 Å². The molecule has 1 aromatic carbocycles. The van der Waals surface area contributed by atoms with E-state index in [0.717, 1.165) is 12.8 Å². The molecule has 1 aliphatic carbocycles. The molecule has 0 aliphatic heterocycles. The summed E-state index contributed by atoms with van der Waals surface area (Å²) in [6, 6.07) is 5.08. The van der Waals surface area contributed by atoms with Crippen molar-refractivity contribution >= 4 is 29.2 Å². The second-order valence-electron chi connectivity index (χ2n) is 3.95. The molecular weight excluding hydrogens is 263 g/mol. The van der Waals surface area contributed by atoms with Gasteiger partial charge in [-0.3, -0.25) is 0 Å². The van der Waals surface area contributed by atoms with Gasteiger partial charge in [0.1, 0.15) is 10.8 Å². The van der Waals surface area contributed by atoms with Gasteiger partial charge in [0.15, 0.2) is 6.10 Å². The van der Waals surface area contributed by atoms with Gasteiger partial charge in [-0.1, -0.05) is 29.3 Å². The highest BCUT2D eigenvalue weighted by atomic mass is 35.5. The van der Waals surface area contributed by atoms with Gasteiger partial charge in [0.25, 0.3) is 0 Å². The van der Waals surface area contributed by atoms with Crippen LogP contribution in [0.4, 0.5) is 0 Å². The van der Waals surface area contributed by atoms with Crippen LogP contribution in [-0.4, -0.2) is 19.2 Å². The molecule has 0 N–H and O–H groups in total. The number of rotatable bonds is 4. The average Bonchev–Trinajstić information content (AvgIpc) is 3.14. The fraction of sp³-hybridized carbons (Fsp3) is 0.417. The zero-order valence-corrected chi connectivity index (χ0v) is 10.8. The molecule has 0 saturated heterocycles. The molecule has 17 heavy (non-hydrogen) atoms. The maximum atomic E-state index is 11.6. The van der Waals surface area contributed by atoms with Crippen molar-refractivity contribution in [3.63, 3.8) is 0 Å². The van der Waals surface area contributed by atoms with Crippen LogP contribution in [0.5, 0.6) is 5.75 Å². The third kappa shape index (κ3) is 2.85. The van der Waals surface area contributed by atoms with Crippen LogP contribution in [0, 0.1) is 5.92 Å². The summed E-state index contributed by atoms with van der Waals surface area (Å²) in [6.07, 6.45) is 1.35. The summed E-state index contributed by atoms with van der Waals surface area (Å²) in [6.45, 7) is 0.